The first-order chi connectivity index (χ1) is 44.8. The van der Waals surface area contributed by atoms with E-state index in [0.29, 0.717) is 25.0 Å². The van der Waals surface area contributed by atoms with Crippen molar-refractivity contribution in [3.63, 3.8) is 0 Å². The number of nitrogens with one attached hydrogen (secondary N) is 8. The van der Waals surface area contributed by atoms with Crippen molar-refractivity contribution in [3.8, 4) is 0 Å². The number of likely N-dealkylation sites (tertiary alicyclic amines) is 3. The summed E-state index contributed by atoms with van der Waals surface area (Å²) in [4.78, 5) is 199. The van der Waals surface area contributed by atoms with Crippen molar-refractivity contribution in [2.45, 2.75) is 210 Å². The lowest BCUT2D eigenvalue weighted by molar-refractivity contribution is -0.150. The van der Waals surface area contributed by atoms with E-state index in [1.807, 2.05) is 0 Å². The van der Waals surface area contributed by atoms with E-state index in [-0.39, 0.29) is 114 Å². The predicted molar refractivity (Wildman–Crippen MR) is 351 cm³/mol. The van der Waals surface area contributed by atoms with Gasteiger partial charge in [-0.15, -0.1) is 0 Å². The Morgan fingerprint density at radius 3 is 1.42 bits per heavy atom. The zero-order chi connectivity index (χ0) is 71.4. The van der Waals surface area contributed by atoms with E-state index in [0.717, 1.165) is 9.80 Å². The number of aliphatic carboxylic acids is 1. The lowest BCUT2D eigenvalue weighted by Crippen LogP contribution is -2.61. The van der Waals surface area contributed by atoms with Crippen LogP contribution in [-0.4, -0.2) is 254 Å². The molecule has 0 radical (unpaired) electrons. The number of guanidine groups is 1. The smallest absolute Gasteiger partial charge is 0.326 e. The maximum Gasteiger partial charge on any atom is 0.326 e. The van der Waals surface area contributed by atoms with Crippen LogP contribution in [0.5, 0.6) is 0 Å². The number of hydrogen-bond acceptors (Lipinski definition) is 20. The SMILES string of the molecule is CC[C@H](C)[C@H](NC(=O)[C@H](CCCN=C(N)N)NC(=O)[C@H](CC(C)C)NC(=O)[C@H](CCSC)NC(=O)[C@H](CCSC)NC(=O)[C@H](CC(N)=O)NC(=O)[C@@H]1CCCN1C(=O)[C@H](CCC(N)=O)NC(=O)[C@@H]1CCCN1C(=O)[C@@H](N)[C@@H](C)O)C(=O)N[C@@H](CO)C(=O)N1CCC[C@H]1C(=O)O. The highest BCUT2D eigenvalue weighted by atomic mass is 32.2. The van der Waals surface area contributed by atoms with Crippen molar-refractivity contribution in [3.05, 3.63) is 0 Å². The summed E-state index contributed by atoms with van der Waals surface area (Å²) in [6.07, 6.45) is 2.55. The molecule has 14 atom stereocenters. The quantitative estimate of drug-likeness (QED) is 0.0154. The third kappa shape index (κ3) is 25.8. The highest BCUT2D eigenvalue weighted by Crippen LogP contribution is 2.24. The summed E-state index contributed by atoms with van der Waals surface area (Å²) in [5, 5.41) is 50.8. The minimum atomic E-state index is -1.72. The molecule has 95 heavy (non-hydrogen) atoms. The molecule has 3 heterocycles. The molecule has 3 rings (SSSR count). The highest BCUT2D eigenvalue weighted by Gasteiger charge is 2.44. The van der Waals surface area contributed by atoms with Crippen molar-refractivity contribution in [2.24, 2.45) is 45.5 Å². The molecule has 3 aliphatic rings. The van der Waals surface area contributed by atoms with Crippen molar-refractivity contribution >= 4 is 112 Å². The van der Waals surface area contributed by atoms with Gasteiger partial charge in [0.15, 0.2) is 5.96 Å². The van der Waals surface area contributed by atoms with Crippen LogP contribution in [0.1, 0.15) is 131 Å². The van der Waals surface area contributed by atoms with E-state index in [4.69, 9.17) is 28.7 Å². The number of amides is 13. The summed E-state index contributed by atoms with van der Waals surface area (Å²) in [5.74, 6) is -13.0. The summed E-state index contributed by atoms with van der Waals surface area (Å²) in [6.45, 7) is 7.56. The monoisotopic (exact) mass is 1380 g/mol. The Bertz CT molecular complexity index is 2730. The summed E-state index contributed by atoms with van der Waals surface area (Å²) >= 11 is 2.63. The molecule has 0 bridgehead atoms. The molecule has 0 aliphatic carbocycles. The summed E-state index contributed by atoms with van der Waals surface area (Å²) in [6, 6.07) is -16.5. The van der Waals surface area contributed by atoms with Gasteiger partial charge in [-0.3, -0.25) is 67.3 Å². The van der Waals surface area contributed by atoms with Crippen LogP contribution in [0.4, 0.5) is 0 Å². The Morgan fingerprint density at radius 2 is 0.968 bits per heavy atom. The number of aliphatic imine (C=N–C) groups is 1. The highest BCUT2D eigenvalue weighted by molar-refractivity contribution is 7.98. The van der Waals surface area contributed by atoms with Crippen molar-refractivity contribution in [1.82, 2.24) is 57.2 Å². The van der Waals surface area contributed by atoms with Gasteiger partial charge in [0.2, 0.25) is 76.8 Å². The van der Waals surface area contributed by atoms with Crippen molar-refractivity contribution in [2.75, 3.05) is 56.8 Å². The van der Waals surface area contributed by atoms with Gasteiger partial charge in [0.05, 0.1) is 19.1 Å². The van der Waals surface area contributed by atoms with Crippen LogP contribution in [0.25, 0.3) is 0 Å². The topological polar surface area (TPSA) is 548 Å². The second-order valence-corrected chi connectivity index (χ2v) is 26.4. The van der Waals surface area contributed by atoms with Crippen LogP contribution in [0.3, 0.4) is 0 Å². The van der Waals surface area contributed by atoms with Gasteiger partial charge in [-0.2, -0.15) is 23.5 Å². The van der Waals surface area contributed by atoms with E-state index in [9.17, 15) is 82.4 Å². The van der Waals surface area contributed by atoms with E-state index < -0.39 is 180 Å². The fraction of sp³-hybridized carbons (Fsp3) is 0.746. The standard InChI is InChI=1S/C59H101N17O17S2/c1-8-31(4)46(54(88)72-39(29-77)56(90)76-24-12-16-42(76)58(92)93)73-49(83)33(13-9-21-65-59(63)64)66-50(84)37(27-30(2)3)70-48(82)35(20-26-95-7)67-47(81)34(19-25-94-6)68-51(85)38(28-44(61)80)71-53(87)40-14-10-22-74(40)55(89)36(17-18-43(60)79)69-52(86)41-15-11-23-75(41)57(91)45(62)32(5)78/h30-42,45-46,77-78H,8-29,62H2,1-7H3,(H2,60,79)(H2,61,80)(H,66,84)(H,67,81)(H,68,85)(H,69,86)(H,70,82)(H,71,87)(H,72,88)(H,73,83)(H,92,93)(H4,63,64,65)/t31-,32+,33-,34-,35-,36-,37-,38-,39-,40-,41-,42-,45-,46-/m0/s1. The molecule has 0 spiro atoms. The number of nitrogens with two attached hydrogens (primary N) is 5. The third-order valence-corrected chi connectivity index (χ3v) is 17.9. The first-order valence-electron chi connectivity index (χ1n) is 32.0. The number of carboxylic acid groups (broad SMARTS) is 1. The second kappa shape index (κ2) is 40.7. The molecule has 0 unspecified atom stereocenters. The molecule has 3 aliphatic heterocycles. The molecule has 0 aromatic heterocycles. The second-order valence-electron chi connectivity index (χ2n) is 24.5. The zero-order valence-electron chi connectivity index (χ0n) is 55.3. The van der Waals surface area contributed by atoms with Crippen LogP contribution in [0, 0.1) is 11.8 Å². The third-order valence-electron chi connectivity index (χ3n) is 16.6. The van der Waals surface area contributed by atoms with Gasteiger partial charge < -0.3 is 101 Å². The molecule has 13 amide bonds. The van der Waals surface area contributed by atoms with Crippen molar-refractivity contribution in [1.29, 1.82) is 0 Å². The average molecular weight is 1380 g/mol. The lowest BCUT2D eigenvalue weighted by Gasteiger charge is -2.32. The van der Waals surface area contributed by atoms with Crippen LogP contribution in [-0.2, 0) is 67.1 Å². The molecule has 3 fully saturated rings. The first kappa shape index (κ1) is 81.7. The molecule has 536 valence electrons. The molecular weight excluding hydrogens is 1280 g/mol. The van der Waals surface area contributed by atoms with Crippen molar-refractivity contribution < 1.29 is 82.4 Å². The van der Waals surface area contributed by atoms with E-state index in [2.05, 4.69) is 47.5 Å². The van der Waals surface area contributed by atoms with Crippen LogP contribution >= 0.6 is 23.5 Å². The molecule has 36 heteroatoms. The maximum atomic E-state index is 14.5. The van der Waals surface area contributed by atoms with Crippen LogP contribution in [0.15, 0.2) is 4.99 Å². The largest absolute Gasteiger partial charge is 0.480 e. The minimum Gasteiger partial charge on any atom is -0.480 e. The van der Waals surface area contributed by atoms with Gasteiger partial charge in [0.25, 0.3) is 0 Å². The molecule has 0 aromatic carbocycles. The normalized spacial score (nSPS) is 19.6. The maximum absolute atomic E-state index is 14.5. The predicted octanol–water partition coefficient (Wildman–Crippen LogP) is -5.58. The molecule has 34 nitrogen and oxygen atoms in total. The van der Waals surface area contributed by atoms with Gasteiger partial charge in [-0.05, 0) is 120 Å². The average Bonchev–Trinajstić information content (AvgIpc) is 1.76. The number of aliphatic hydroxyl groups excluding tert-OH is 2. The summed E-state index contributed by atoms with van der Waals surface area (Å²) < 4.78 is 0. The molecular formula is C59H101N17O17S2. The number of primary amides is 2. The van der Waals surface area contributed by atoms with Gasteiger partial charge in [-0.1, -0.05) is 34.1 Å². The first-order valence-corrected chi connectivity index (χ1v) is 34.8. The fourth-order valence-electron chi connectivity index (χ4n) is 11.2. The minimum absolute atomic E-state index is 0.000546. The number of nitrogens with zero attached hydrogens (tertiary/aromatic N) is 4. The lowest BCUT2D eigenvalue weighted by atomic mass is 9.97. The Labute approximate surface area is 561 Å². The number of aliphatic hydroxyl groups is 2. The number of rotatable bonds is 41. The van der Waals surface area contributed by atoms with E-state index in [1.54, 1.807) is 40.2 Å². The van der Waals surface area contributed by atoms with E-state index >= 15 is 0 Å². The fourth-order valence-corrected chi connectivity index (χ4v) is 12.1. The van der Waals surface area contributed by atoms with E-state index in [1.165, 1.54) is 35.3 Å². The Balaban J connectivity index is 1.88. The van der Waals surface area contributed by atoms with Gasteiger partial charge in [-0.25, -0.2) is 4.79 Å². The molecule has 0 saturated carbocycles. The number of thioether (sulfide) groups is 2. The van der Waals surface area contributed by atoms with Crippen LogP contribution in [0.2, 0.25) is 0 Å². The number of hydrogen-bond donors (Lipinski definition) is 16. The molecule has 0 aromatic rings. The number of carbonyl (C=O) groups excluding carboxylic acids is 13. The van der Waals surface area contributed by atoms with Crippen LogP contribution < -0.4 is 71.2 Å². The number of carbonyl (C=O) groups is 14. The van der Waals surface area contributed by atoms with Gasteiger partial charge in [0.1, 0.15) is 72.5 Å². The number of carboxylic acids is 1. The molecule has 21 N–H and O–H groups in total. The van der Waals surface area contributed by atoms with Gasteiger partial charge in [0, 0.05) is 32.6 Å². The Hall–Kier alpha value is -7.57. The zero-order valence-corrected chi connectivity index (χ0v) is 56.9. The van der Waals surface area contributed by atoms with Gasteiger partial charge >= 0.3 is 5.97 Å². The summed E-state index contributed by atoms with van der Waals surface area (Å²) in [7, 11) is 0. The molecule has 3 saturated heterocycles. The Kier molecular flexibility index (Phi) is 35.0. The Morgan fingerprint density at radius 1 is 0.537 bits per heavy atom. The summed E-state index contributed by atoms with van der Waals surface area (Å²) in [5.41, 5.74) is 28.0.